The number of nitrogens with zero attached hydrogens (tertiary/aromatic N) is 2. The molecule has 0 bridgehead atoms. The van der Waals surface area contributed by atoms with Gasteiger partial charge in [0, 0.05) is 11.8 Å². The highest BCUT2D eigenvalue weighted by Crippen LogP contribution is 2.24. The van der Waals surface area contributed by atoms with Gasteiger partial charge in [0.2, 0.25) is 5.82 Å². The van der Waals surface area contributed by atoms with E-state index < -0.39 is 5.97 Å². The monoisotopic (exact) mass is 326 g/mol. The summed E-state index contributed by atoms with van der Waals surface area (Å²) in [5, 5.41) is 9.17. The smallest absolute Gasteiger partial charge is 0.373 e. The van der Waals surface area contributed by atoms with E-state index in [9.17, 15) is 4.79 Å². The maximum absolute atomic E-state index is 11.2. The normalized spacial score (nSPS) is 12.1. The van der Waals surface area contributed by atoms with Crippen LogP contribution in [0.4, 0.5) is 0 Å². The van der Waals surface area contributed by atoms with Gasteiger partial charge in [-0.2, -0.15) is 0 Å². The number of carboxylic acid groups (broad SMARTS) is 1. The fourth-order valence-corrected chi connectivity index (χ4v) is 2.66. The largest absolute Gasteiger partial charge is 0.475 e. The number of unbranched alkanes of at least 4 members (excludes halogenated alkanes) is 1. The number of hydrogen-bond acceptors (Lipinski definition) is 3. The first-order valence-electron chi connectivity index (χ1n) is 8.73. The molecule has 1 atom stereocenters. The molecule has 0 saturated carbocycles. The average Bonchev–Trinajstić information content (AvgIpc) is 2.60. The van der Waals surface area contributed by atoms with Gasteiger partial charge in [0.15, 0.2) is 0 Å². The molecule has 0 fully saturated rings. The van der Waals surface area contributed by atoms with Crippen molar-refractivity contribution in [3.63, 3.8) is 0 Å². The van der Waals surface area contributed by atoms with Crippen LogP contribution in [0.15, 0.2) is 30.5 Å². The zero-order valence-corrected chi connectivity index (χ0v) is 14.7. The standard InChI is InChI=1S/C20H26N2O2/c1-4-6-7-17-13-21-19(20(23)24)22-18(17)16-10-8-15(9-11-16)12-14(3)5-2/h8-11,13-14H,4-7,12H2,1-3H3,(H,23,24)/t14-/m0/s1. The minimum atomic E-state index is -1.09. The lowest BCUT2D eigenvalue weighted by Crippen LogP contribution is -2.07. The summed E-state index contributed by atoms with van der Waals surface area (Å²) in [6.45, 7) is 6.59. The van der Waals surface area contributed by atoms with Gasteiger partial charge >= 0.3 is 5.97 Å². The summed E-state index contributed by atoms with van der Waals surface area (Å²) in [6.07, 6.45) is 6.86. The highest BCUT2D eigenvalue weighted by molar-refractivity contribution is 5.84. The van der Waals surface area contributed by atoms with Crippen molar-refractivity contribution in [2.24, 2.45) is 5.92 Å². The third-order valence-electron chi connectivity index (χ3n) is 4.36. The molecule has 1 heterocycles. The SMILES string of the molecule is CCCCc1cnc(C(=O)O)nc1-c1ccc(C[C@@H](C)CC)cc1. The molecule has 1 aromatic heterocycles. The lowest BCUT2D eigenvalue weighted by molar-refractivity contribution is 0.0683. The predicted molar refractivity (Wildman–Crippen MR) is 96.2 cm³/mol. The topological polar surface area (TPSA) is 63.1 Å². The van der Waals surface area contributed by atoms with E-state index in [2.05, 4.69) is 42.9 Å². The van der Waals surface area contributed by atoms with Gasteiger partial charge in [-0.1, -0.05) is 57.9 Å². The van der Waals surface area contributed by atoms with Crippen LogP contribution in [-0.2, 0) is 12.8 Å². The van der Waals surface area contributed by atoms with Gasteiger partial charge in [0.25, 0.3) is 0 Å². The Bertz CT molecular complexity index is 681. The molecule has 128 valence electrons. The van der Waals surface area contributed by atoms with Crippen molar-refractivity contribution in [3.05, 3.63) is 47.4 Å². The van der Waals surface area contributed by atoms with Crippen LogP contribution in [0.3, 0.4) is 0 Å². The molecule has 0 amide bonds. The van der Waals surface area contributed by atoms with Gasteiger partial charge in [-0.3, -0.25) is 0 Å². The maximum Gasteiger partial charge on any atom is 0.373 e. The molecule has 0 radical (unpaired) electrons. The molecule has 0 unspecified atom stereocenters. The molecule has 4 nitrogen and oxygen atoms in total. The first-order chi connectivity index (χ1) is 11.5. The Morgan fingerprint density at radius 1 is 1.21 bits per heavy atom. The van der Waals surface area contributed by atoms with E-state index in [0.29, 0.717) is 5.92 Å². The summed E-state index contributed by atoms with van der Waals surface area (Å²) in [4.78, 5) is 19.5. The third-order valence-corrected chi connectivity index (χ3v) is 4.36. The lowest BCUT2D eigenvalue weighted by Gasteiger charge is -2.11. The summed E-state index contributed by atoms with van der Waals surface area (Å²) >= 11 is 0. The van der Waals surface area contributed by atoms with Crippen molar-refractivity contribution >= 4 is 5.97 Å². The Morgan fingerprint density at radius 3 is 2.50 bits per heavy atom. The van der Waals surface area contributed by atoms with Crippen LogP contribution in [-0.4, -0.2) is 21.0 Å². The highest BCUT2D eigenvalue weighted by atomic mass is 16.4. The zero-order chi connectivity index (χ0) is 17.5. The Labute approximate surface area is 144 Å². The van der Waals surface area contributed by atoms with Crippen LogP contribution in [0.25, 0.3) is 11.3 Å². The number of hydrogen-bond donors (Lipinski definition) is 1. The summed E-state index contributed by atoms with van der Waals surface area (Å²) in [5.74, 6) is -0.575. The van der Waals surface area contributed by atoms with Crippen molar-refractivity contribution < 1.29 is 9.90 Å². The Kier molecular flexibility index (Phi) is 6.47. The zero-order valence-electron chi connectivity index (χ0n) is 14.7. The first-order valence-corrected chi connectivity index (χ1v) is 8.73. The van der Waals surface area contributed by atoms with Crippen LogP contribution >= 0.6 is 0 Å². The molecule has 0 aliphatic heterocycles. The van der Waals surface area contributed by atoms with Gasteiger partial charge in [-0.05, 0) is 36.3 Å². The first kappa shape index (κ1) is 18.1. The summed E-state index contributed by atoms with van der Waals surface area (Å²) in [5.41, 5.74) is 4.01. The van der Waals surface area contributed by atoms with Gasteiger partial charge in [0.1, 0.15) is 0 Å². The highest BCUT2D eigenvalue weighted by Gasteiger charge is 2.13. The fourth-order valence-electron chi connectivity index (χ4n) is 2.66. The number of aromatic nitrogens is 2. The summed E-state index contributed by atoms with van der Waals surface area (Å²) in [7, 11) is 0. The van der Waals surface area contributed by atoms with E-state index >= 15 is 0 Å². The molecular formula is C20H26N2O2. The predicted octanol–water partition coefficient (Wildman–Crippen LogP) is 4.77. The second kappa shape index (κ2) is 8.57. The Hall–Kier alpha value is -2.23. The molecule has 24 heavy (non-hydrogen) atoms. The molecule has 4 heteroatoms. The molecule has 1 aromatic carbocycles. The third kappa shape index (κ3) is 4.63. The molecule has 0 saturated heterocycles. The molecule has 0 aliphatic carbocycles. The number of rotatable bonds is 8. The average molecular weight is 326 g/mol. The number of carbonyl (C=O) groups is 1. The van der Waals surface area contributed by atoms with E-state index in [-0.39, 0.29) is 5.82 Å². The number of carboxylic acids is 1. The van der Waals surface area contributed by atoms with E-state index in [4.69, 9.17) is 5.11 Å². The van der Waals surface area contributed by atoms with Crippen molar-refractivity contribution in [2.75, 3.05) is 0 Å². The molecule has 0 spiro atoms. The number of benzene rings is 1. The minimum Gasteiger partial charge on any atom is -0.475 e. The molecule has 1 N–H and O–H groups in total. The quantitative estimate of drug-likeness (QED) is 0.758. The Balaban J connectivity index is 2.34. The van der Waals surface area contributed by atoms with Gasteiger partial charge < -0.3 is 5.11 Å². The van der Waals surface area contributed by atoms with E-state index in [1.54, 1.807) is 6.20 Å². The van der Waals surface area contributed by atoms with E-state index in [1.165, 1.54) is 5.56 Å². The van der Waals surface area contributed by atoms with Crippen LogP contribution < -0.4 is 0 Å². The van der Waals surface area contributed by atoms with Crippen LogP contribution in [0.2, 0.25) is 0 Å². The molecule has 0 aliphatic rings. The number of aromatic carboxylic acids is 1. The second-order valence-corrected chi connectivity index (χ2v) is 6.39. The van der Waals surface area contributed by atoms with Crippen molar-refractivity contribution in [1.29, 1.82) is 0 Å². The van der Waals surface area contributed by atoms with E-state index in [0.717, 1.165) is 48.9 Å². The summed E-state index contributed by atoms with van der Waals surface area (Å²) in [6, 6.07) is 8.32. The molecule has 2 aromatic rings. The molecular weight excluding hydrogens is 300 g/mol. The van der Waals surface area contributed by atoms with E-state index in [1.807, 2.05) is 12.1 Å². The minimum absolute atomic E-state index is 0.145. The van der Waals surface area contributed by atoms with Crippen molar-refractivity contribution in [2.45, 2.75) is 52.9 Å². The van der Waals surface area contributed by atoms with Gasteiger partial charge in [-0.25, -0.2) is 14.8 Å². The fraction of sp³-hybridized carbons (Fsp3) is 0.450. The summed E-state index contributed by atoms with van der Waals surface area (Å²) < 4.78 is 0. The van der Waals surface area contributed by atoms with Crippen molar-refractivity contribution in [1.82, 2.24) is 9.97 Å². The second-order valence-electron chi connectivity index (χ2n) is 6.39. The van der Waals surface area contributed by atoms with Gasteiger partial charge in [-0.15, -0.1) is 0 Å². The molecule has 2 rings (SSSR count). The van der Waals surface area contributed by atoms with Crippen molar-refractivity contribution in [3.8, 4) is 11.3 Å². The van der Waals surface area contributed by atoms with Crippen LogP contribution in [0.1, 0.15) is 61.8 Å². The van der Waals surface area contributed by atoms with Crippen LogP contribution in [0, 0.1) is 5.92 Å². The maximum atomic E-state index is 11.2. The lowest BCUT2D eigenvalue weighted by atomic mass is 9.96. The Morgan fingerprint density at radius 2 is 1.92 bits per heavy atom. The van der Waals surface area contributed by atoms with Crippen LogP contribution in [0.5, 0.6) is 0 Å². The number of aryl methyl sites for hydroxylation is 1. The van der Waals surface area contributed by atoms with Gasteiger partial charge in [0.05, 0.1) is 5.69 Å².